The van der Waals surface area contributed by atoms with Gasteiger partial charge in [-0.15, -0.1) is 0 Å². The summed E-state index contributed by atoms with van der Waals surface area (Å²) in [5.74, 6) is 1.71. The van der Waals surface area contributed by atoms with Gasteiger partial charge in [-0.25, -0.2) is 0 Å². The molecule has 0 saturated carbocycles. The van der Waals surface area contributed by atoms with E-state index >= 15 is 0 Å². The van der Waals surface area contributed by atoms with E-state index in [4.69, 9.17) is 4.74 Å². The summed E-state index contributed by atoms with van der Waals surface area (Å²) in [5.41, 5.74) is 2.66. The zero-order valence-corrected chi connectivity index (χ0v) is 14.5. The van der Waals surface area contributed by atoms with Gasteiger partial charge in [-0.3, -0.25) is 4.90 Å². The van der Waals surface area contributed by atoms with Gasteiger partial charge in [-0.1, -0.05) is 32.0 Å². The topological polar surface area (TPSA) is 17.4 Å². The molecule has 124 valence electrons. The van der Waals surface area contributed by atoms with Gasteiger partial charge in [0.05, 0.1) is 13.2 Å². The van der Waals surface area contributed by atoms with Crippen molar-refractivity contribution < 1.29 is 4.74 Å². The number of aryl methyl sites for hydroxylation is 1. The first kappa shape index (κ1) is 16.1. The summed E-state index contributed by atoms with van der Waals surface area (Å²) < 4.78 is 8.08. The van der Waals surface area contributed by atoms with E-state index in [1.165, 1.54) is 24.1 Å². The van der Waals surface area contributed by atoms with Crippen molar-refractivity contribution in [3.63, 3.8) is 0 Å². The van der Waals surface area contributed by atoms with Crippen molar-refractivity contribution in [3.8, 4) is 5.75 Å². The van der Waals surface area contributed by atoms with Crippen molar-refractivity contribution >= 4 is 0 Å². The molecule has 1 aliphatic heterocycles. The quantitative estimate of drug-likeness (QED) is 0.817. The monoisotopic (exact) mass is 312 g/mol. The number of rotatable bonds is 5. The fourth-order valence-corrected chi connectivity index (χ4v) is 3.55. The van der Waals surface area contributed by atoms with Crippen LogP contribution in [0.5, 0.6) is 5.75 Å². The molecule has 1 aromatic carbocycles. The highest BCUT2D eigenvalue weighted by molar-refractivity contribution is 5.40. The number of hydrogen-bond acceptors (Lipinski definition) is 2. The third kappa shape index (κ3) is 3.45. The third-order valence-electron chi connectivity index (χ3n) is 4.78. The predicted octanol–water partition coefficient (Wildman–Crippen LogP) is 4.34. The number of para-hydroxylation sites is 1. The van der Waals surface area contributed by atoms with Crippen LogP contribution in [-0.4, -0.2) is 29.7 Å². The zero-order chi connectivity index (χ0) is 16.2. The average molecular weight is 312 g/mol. The van der Waals surface area contributed by atoms with E-state index in [0.29, 0.717) is 0 Å². The van der Waals surface area contributed by atoms with E-state index in [0.717, 1.165) is 31.3 Å². The molecule has 0 unspecified atom stereocenters. The van der Waals surface area contributed by atoms with Crippen molar-refractivity contribution in [2.24, 2.45) is 5.92 Å². The lowest BCUT2D eigenvalue weighted by atomic mass is 9.99. The molecule has 2 aromatic rings. The highest BCUT2D eigenvalue weighted by Gasteiger charge is 2.29. The number of nitrogens with zero attached hydrogens (tertiary/aromatic N) is 2. The molecule has 3 heteroatoms. The maximum absolute atomic E-state index is 5.67. The van der Waals surface area contributed by atoms with Crippen LogP contribution >= 0.6 is 0 Å². The average Bonchev–Trinajstić information content (AvgIpc) is 2.94. The number of aromatic nitrogens is 1. The van der Waals surface area contributed by atoms with Gasteiger partial charge in [0, 0.05) is 30.5 Å². The van der Waals surface area contributed by atoms with Crippen LogP contribution in [0.1, 0.15) is 44.0 Å². The Hall–Kier alpha value is -1.74. The molecule has 3 rings (SSSR count). The van der Waals surface area contributed by atoms with Gasteiger partial charge in [0.15, 0.2) is 0 Å². The van der Waals surface area contributed by atoms with Gasteiger partial charge in [0.25, 0.3) is 0 Å². The van der Waals surface area contributed by atoms with E-state index in [9.17, 15) is 0 Å². The molecule has 23 heavy (non-hydrogen) atoms. The minimum Gasteiger partial charge on any atom is -0.496 e. The van der Waals surface area contributed by atoms with Crippen molar-refractivity contribution in [3.05, 3.63) is 53.9 Å². The van der Waals surface area contributed by atoms with Crippen molar-refractivity contribution in [2.75, 3.05) is 20.2 Å². The van der Waals surface area contributed by atoms with E-state index in [1.54, 1.807) is 7.11 Å². The molecule has 0 spiro atoms. The van der Waals surface area contributed by atoms with Crippen LogP contribution in [0.3, 0.4) is 0 Å². The Labute approximate surface area is 139 Å². The van der Waals surface area contributed by atoms with E-state index in [2.05, 4.69) is 65.9 Å². The maximum Gasteiger partial charge on any atom is 0.124 e. The summed E-state index contributed by atoms with van der Waals surface area (Å²) >= 11 is 0. The predicted molar refractivity (Wildman–Crippen MR) is 94.9 cm³/mol. The Morgan fingerprint density at radius 3 is 2.74 bits per heavy atom. The lowest BCUT2D eigenvalue weighted by molar-refractivity contribution is 0.213. The lowest BCUT2D eigenvalue weighted by Crippen LogP contribution is -2.31. The highest BCUT2D eigenvalue weighted by Crippen LogP contribution is 2.36. The number of methoxy groups -OCH3 is 1. The van der Waals surface area contributed by atoms with Crippen LogP contribution in [-0.2, 0) is 6.54 Å². The van der Waals surface area contributed by atoms with Crippen molar-refractivity contribution in [1.82, 2.24) is 9.47 Å². The number of ether oxygens (including phenoxy) is 1. The van der Waals surface area contributed by atoms with Gasteiger partial charge >= 0.3 is 0 Å². The van der Waals surface area contributed by atoms with Crippen LogP contribution in [0.15, 0.2) is 42.6 Å². The van der Waals surface area contributed by atoms with Gasteiger partial charge < -0.3 is 9.30 Å². The lowest BCUT2D eigenvalue weighted by Gasteiger charge is -2.32. The molecule has 3 nitrogen and oxygen atoms in total. The van der Waals surface area contributed by atoms with Gasteiger partial charge in [-0.05, 0) is 43.5 Å². The highest BCUT2D eigenvalue weighted by atomic mass is 16.5. The van der Waals surface area contributed by atoms with Gasteiger partial charge in [-0.2, -0.15) is 0 Å². The molecule has 1 aromatic heterocycles. The molecule has 0 aliphatic carbocycles. The normalized spacial score (nSPS) is 18.7. The molecule has 1 atom stereocenters. The first-order valence-electron chi connectivity index (χ1n) is 8.72. The van der Waals surface area contributed by atoms with E-state index < -0.39 is 0 Å². The molecule has 0 bridgehead atoms. The summed E-state index contributed by atoms with van der Waals surface area (Å²) in [5, 5.41) is 0. The van der Waals surface area contributed by atoms with Crippen LogP contribution < -0.4 is 4.74 Å². The summed E-state index contributed by atoms with van der Waals surface area (Å²) in [6.07, 6.45) is 4.64. The van der Waals surface area contributed by atoms with E-state index in [1.807, 2.05) is 0 Å². The smallest absolute Gasteiger partial charge is 0.124 e. The summed E-state index contributed by atoms with van der Waals surface area (Å²) in [6, 6.07) is 13.2. The molecular formula is C20H28N2O. The molecule has 1 aliphatic rings. The van der Waals surface area contributed by atoms with Crippen molar-refractivity contribution in [2.45, 2.75) is 39.3 Å². The number of hydrogen-bond donors (Lipinski definition) is 0. The van der Waals surface area contributed by atoms with Crippen LogP contribution in [0.2, 0.25) is 0 Å². The SMILES string of the molecule is COc1ccccc1[C@@H]1c2cccn2CCCN1CCC(C)C. The fraction of sp³-hybridized carbons (Fsp3) is 0.500. The van der Waals surface area contributed by atoms with Crippen LogP contribution in [0, 0.1) is 5.92 Å². The second-order valence-corrected chi connectivity index (χ2v) is 6.84. The molecule has 0 fully saturated rings. The minimum absolute atomic E-state index is 0.280. The molecular weight excluding hydrogens is 284 g/mol. The zero-order valence-electron chi connectivity index (χ0n) is 14.5. The number of benzene rings is 1. The van der Waals surface area contributed by atoms with Crippen LogP contribution in [0.4, 0.5) is 0 Å². The molecule has 2 heterocycles. The van der Waals surface area contributed by atoms with Gasteiger partial charge in [0.2, 0.25) is 0 Å². The fourth-order valence-electron chi connectivity index (χ4n) is 3.55. The standard InChI is InChI=1S/C20H28N2O/c1-16(2)11-15-22-14-7-13-21-12-6-9-18(21)20(22)17-8-4-5-10-19(17)23-3/h4-6,8-10,12,16,20H,7,11,13-15H2,1-3H3/t20-/m1/s1. The Balaban J connectivity index is 2.02. The first-order chi connectivity index (χ1) is 11.2. The minimum atomic E-state index is 0.280. The Bertz CT molecular complexity index is 632. The van der Waals surface area contributed by atoms with Gasteiger partial charge in [0.1, 0.15) is 5.75 Å². The molecule has 0 radical (unpaired) electrons. The Morgan fingerprint density at radius 1 is 1.13 bits per heavy atom. The largest absolute Gasteiger partial charge is 0.496 e. The molecule has 0 amide bonds. The Morgan fingerprint density at radius 2 is 1.96 bits per heavy atom. The second-order valence-electron chi connectivity index (χ2n) is 6.84. The summed E-state index contributed by atoms with van der Waals surface area (Å²) in [7, 11) is 1.77. The molecule has 0 saturated heterocycles. The number of fused-ring (bicyclic) bond motifs is 1. The summed E-state index contributed by atoms with van der Waals surface area (Å²) in [6.45, 7) is 7.98. The van der Waals surface area contributed by atoms with E-state index in [-0.39, 0.29) is 6.04 Å². The molecule has 0 N–H and O–H groups in total. The Kier molecular flexibility index (Phi) is 5.06. The maximum atomic E-state index is 5.67. The first-order valence-corrected chi connectivity index (χ1v) is 8.72. The van der Waals surface area contributed by atoms with Crippen molar-refractivity contribution in [1.29, 1.82) is 0 Å². The second kappa shape index (κ2) is 7.22. The van der Waals surface area contributed by atoms with Crippen LogP contribution in [0.25, 0.3) is 0 Å². The third-order valence-corrected chi connectivity index (χ3v) is 4.78. The summed E-state index contributed by atoms with van der Waals surface area (Å²) in [4.78, 5) is 2.64.